The van der Waals surface area contributed by atoms with E-state index in [0.717, 1.165) is 44.8 Å². The third-order valence-electron chi connectivity index (χ3n) is 6.10. The third-order valence-corrected chi connectivity index (χ3v) is 6.10. The second-order valence-electron chi connectivity index (χ2n) is 8.11. The van der Waals surface area contributed by atoms with Gasteiger partial charge in [-0.05, 0) is 32.2 Å². The Labute approximate surface area is 156 Å². The molecule has 0 aromatic carbocycles. The second kappa shape index (κ2) is 7.66. The van der Waals surface area contributed by atoms with Crippen molar-refractivity contribution in [3.63, 3.8) is 0 Å². The van der Waals surface area contributed by atoms with Crippen LogP contribution < -0.4 is 9.64 Å². The van der Waals surface area contributed by atoms with Crippen molar-refractivity contribution in [3.8, 4) is 5.88 Å². The predicted molar refractivity (Wildman–Crippen MR) is 101 cm³/mol. The molecule has 7 heteroatoms. The standard InChI is InChI=1S/C19H31N5O2/c1-22-6-8-23(9-7-22)12-16-11-19(26-13-16)4-3-5-24(14-19)17-10-18(25-2)21-15-20-17/h10,15-16H,3-9,11-14H2,1-2H3/t16-,19-/m0/s1. The van der Waals surface area contributed by atoms with Crippen LogP contribution in [0.1, 0.15) is 19.3 Å². The lowest BCUT2D eigenvalue weighted by Crippen LogP contribution is -2.49. The largest absolute Gasteiger partial charge is 0.481 e. The molecule has 0 bridgehead atoms. The lowest BCUT2D eigenvalue weighted by Gasteiger charge is -2.40. The summed E-state index contributed by atoms with van der Waals surface area (Å²) in [6.45, 7) is 8.76. The van der Waals surface area contributed by atoms with Crippen LogP contribution in [0.15, 0.2) is 12.4 Å². The van der Waals surface area contributed by atoms with Gasteiger partial charge in [0.05, 0.1) is 19.3 Å². The van der Waals surface area contributed by atoms with E-state index >= 15 is 0 Å². The molecule has 1 spiro atoms. The average molecular weight is 361 g/mol. The summed E-state index contributed by atoms with van der Waals surface area (Å²) in [6, 6.07) is 1.93. The Bertz CT molecular complexity index is 607. The summed E-state index contributed by atoms with van der Waals surface area (Å²) in [7, 11) is 3.86. The average Bonchev–Trinajstić information content (AvgIpc) is 3.05. The Hall–Kier alpha value is -1.44. The molecule has 2 atom stereocenters. The van der Waals surface area contributed by atoms with Crippen molar-refractivity contribution in [3.05, 3.63) is 12.4 Å². The van der Waals surface area contributed by atoms with Gasteiger partial charge in [0.1, 0.15) is 12.1 Å². The highest BCUT2D eigenvalue weighted by molar-refractivity contribution is 5.42. The van der Waals surface area contributed by atoms with E-state index in [0.29, 0.717) is 11.8 Å². The van der Waals surface area contributed by atoms with Crippen LogP contribution in [0.4, 0.5) is 5.82 Å². The number of piperidine rings is 1. The molecule has 3 aliphatic heterocycles. The summed E-state index contributed by atoms with van der Waals surface area (Å²) < 4.78 is 11.7. The number of anilines is 1. The van der Waals surface area contributed by atoms with E-state index in [-0.39, 0.29) is 5.60 Å². The van der Waals surface area contributed by atoms with Crippen molar-refractivity contribution < 1.29 is 9.47 Å². The second-order valence-corrected chi connectivity index (χ2v) is 8.11. The van der Waals surface area contributed by atoms with Crippen molar-refractivity contribution in [1.29, 1.82) is 0 Å². The lowest BCUT2D eigenvalue weighted by atomic mass is 9.86. The van der Waals surface area contributed by atoms with E-state index in [4.69, 9.17) is 9.47 Å². The number of nitrogens with zero attached hydrogens (tertiary/aromatic N) is 5. The molecular weight excluding hydrogens is 330 g/mol. The molecule has 3 aliphatic rings. The number of hydrogen-bond donors (Lipinski definition) is 0. The van der Waals surface area contributed by atoms with Crippen LogP contribution in [0.2, 0.25) is 0 Å². The van der Waals surface area contributed by atoms with Gasteiger partial charge in [-0.3, -0.25) is 0 Å². The first kappa shape index (κ1) is 17.9. The fourth-order valence-electron chi connectivity index (χ4n) is 4.64. The SMILES string of the molecule is COc1cc(N2CCC[C@]3(C[C@@H](CN4CCN(C)CC4)CO3)C2)ncn1. The summed E-state index contributed by atoms with van der Waals surface area (Å²) in [5.74, 6) is 2.22. The van der Waals surface area contributed by atoms with Crippen molar-refractivity contribution in [1.82, 2.24) is 19.8 Å². The number of ether oxygens (including phenoxy) is 2. The van der Waals surface area contributed by atoms with Crippen LogP contribution in [0, 0.1) is 5.92 Å². The maximum Gasteiger partial charge on any atom is 0.218 e. The van der Waals surface area contributed by atoms with E-state index in [2.05, 4.69) is 31.7 Å². The van der Waals surface area contributed by atoms with Crippen molar-refractivity contribution >= 4 is 5.82 Å². The zero-order valence-electron chi connectivity index (χ0n) is 16.1. The molecule has 1 aromatic heterocycles. The molecule has 0 unspecified atom stereocenters. The summed E-state index contributed by atoms with van der Waals surface area (Å²) >= 11 is 0. The monoisotopic (exact) mass is 361 g/mol. The highest BCUT2D eigenvalue weighted by Crippen LogP contribution is 2.39. The molecule has 0 radical (unpaired) electrons. The minimum absolute atomic E-state index is 0.00627. The Balaban J connectivity index is 1.36. The van der Waals surface area contributed by atoms with Crippen LogP contribution in [0.3, 0.4) is 0 Å². The minimum atomic E-state index is -0.00627. The number of rotatable bonds is 4. The summed E-state index contributed by atoms with van der Waals surface area (Å²) in [5.41, 5.74) is -0.00627. The van der Waals surface area contributed by atoms with Crippen LogP contribution in [0.5, 0.6) is 5.88 Å². The molecule has 0 amide bonds. The molecule has 4 heterocycles. The van der Waals surface area contributed by atoms with Crippen molar-refractivity contribution in [2.45, 2.75) is 24.9 Å². The van der Waals surface area contributed by atoms with Gasteiger partial charge >= 0.3 is 0 Å². The van der Waals surface area contributed by atoms with Gasteiger partial charge < -0.3 is 24.2 Å². The molecule has 3 saturated heterocycles. The van der Waals surface area contributed by atoms with Gasteiger partial charge in [-0.1, -0.05) is 0 Å². The van der Waals surface area contributed by atoms with Gasteiger partial charge in [0.15, 0.2) is 0 Å². The highest BCUT2D eigenvalue weighted by atomic mass is 16.5. The Kier molecular flexibility index (Phi) is 5.29. The highest BCUT2D eigenvalue weighted by Gasteiger charge is 2.44. The van der Waals surface area contributed by atoms with Crippen LogP contribution in [-0.4, -0.2) is 91.9 Å². The van der Waals surface area contributed by atoms with E-state index < -0.39 is 0 Å². The maximum absolute atomic E-state index is 6.41. The van der Waals surface area contributed by atoms with E-state index in [9.17, 15) is 0 Å². The zero-order valence-corrected chi connectivity index (χ0v) is 16.1. The molecule has 7 nitrogen and oxygen atoms in total. The number of methoxy groups -OCH3 is 1. The number of aromatic nitrogens is 2. The fourth-order valence-corrected chi connectivity index (χ4v) is 4.64. The van der Waals surface area contributed by atoms with E-state index in [1.165, 1.54) is 32.7 Å². The molecule has 0 aliphatic carbocycles. The summed E-state index contributed by atoms with van der Waals surface area (Å²) in [5, 5.41) is 0. The number of likely N-dealkylation sites (N-methyl/N-ethyl adjacent to an activating group) is 1. The molecule has 0 saturated carbocycles. The predicted octanol–water partition coefficient (Wildman–Crippen LogP) is 1.11. The first-order chi connectivity index (χ1) is 12.7. The molecule has 144 valence electrons. The Morgan fingerprint density at radius 2 is 2.08 bits per heavy atom. The number of piperazine rings is 1. The van der Waals surface area contributed by atoms with Crippen LogP contribution in [-0.2, 0) is 4.74 Å². The maximum atomic E-state index is 6.41. The zero-order chi connectivity index (χ0) is 18.0. The van der Waals surface area contributed by atoms with Gasteiger partial charge in [0.2, 0.25) is 5.88 Å². The van der Waals surface area contributed by atoms with Gasteiger partial charge in [0.25, 0.3) is 0 Å². The van der Waals surface area contributed by atoms with Crippen molar-refractivity contribution in [2.75, 3.05) is 71.5 Å². The molecule has 0 N–H and O–H groups in total. The normalized spacial score (nSPS) is 30.8. The molecule has 1 aromatic rings. The molecule has 4 rings (SSSR count). The Morgan fingerprint density at radius 1 is 1.23 bits per heavy atom. The van der Waals surface area contributed by atoms with Crippen molar-refractivity contribution in [2.24, 2.45) is 5.92 Å². The van der Waals surface area contributed by atoms with E-state index in [1.807, 2.05) is 6.07 Å². The topological polar surface area (TPSA) is 54.0 Å². The third kappa shape index (κ3) is 3.94. The minimum Gasteiger partial charge on any atom is -0.481 e. The Morgan fingerprint density at radius 3 is 2.88 bits per heavy atom. The van der Waals surface area contributed by atoms with Gasteiger partial charge in [-0.25, -0.2) is 9.97 Å². The van der Waals surface area contributed by atoms with Gasteiger partial charge in [0, 0.05) is 51.9 Å². The fraction of sp³-hybridized carbons (Fsp3) is 0.789. The molecule has 26 heavy (non-hydrogen) atoms. The van der Waals surface area contributed by atoms with Crippen LogP contribution in [0.25, 0.3) is 0 Å². The lowest BCUT2D eigenvalue weighted by molar-refractivity contribution is -0.00753. The van der Waals surface area contributed by atoms with Gasteiger partial charge in [-0.2, -0.15) is 0 Å². The number of hydrogen-bond acceptors (Lipinski definition) is 7. The smallest absolute Gasteiger partial charge is 0.218 e. The first-order valence-corrected chi connectivity index (χ1v) is 9.82. The first-order valence-electron chi connectivity index (χ1n) is 9.82. The van der Waals surface area contributed by atoms with Gasteiger partial charge in [-0.15, -0.1) is 0 Å². The van der Waals surface area contributed by atoms with Crippen LogP contribution >= 0.6 is 0 Å². The summed E-state index contributed by atoms with van der Waals surface area (Å²) in [6.07, 6.45) is 5.05. The quantitative estimate of drug-likeness (QED) is 0.796. The summed E-state index contributed by atoms with van der Waals surface area (Å²) in [4.78, 5) is 15.9. The molecule has 3 fully saturated rings. The van der Waals surface area contributed by atoms with E-state index in [1.54, 1.807) is 13.4 Å². The molecular formula is C19H31N5O2.